The molecule has 0 unspecified atom stereocenters. The molecule has 0 bridgehead atoms. The Morgan fingerprint density at radius 2 is 1.89 bits per heavy atom. The number of ether oxygens (including phenoxy) is 1. The van der Waals surface area contributed by atoms with Gasteiger partial charge in [0.2, 0.25) is 0 Å². The molecule has 0 amide bonds. The van der Waals surface area contributed by atoms with Crippen molar-refractivity contribution in [2.45, 2.75) is 39.3 Å². The smallest absolute Gasteiger partial charge is 0.191 e. The maximum Gasteiger partial charge on any atom is 0.191 e. The molecule has 148 valence electrons. The molecule has 1 aromatic carbocycles. The predicted molar refractivity (Wildman–Crippen MR) is 114 cm³/mol. The highest BCUT2D eigenvalue weighted by Crippen LogP contribution is 2.22. The molecule has 0 radical (unpaired) electrons. The van der Waals surface area contributed by atoms with Crippen LogP contribution in [0.15, 0.2) is 59.9 Å². The van der Waals surface area contributed by atoms with Crippen molar-refractivity contribution < 1.29 is 4.74 Å². The van der Waals surface area contributed by atoms with Crippen LogP contribution in [0.1, 0.15) is 32.0 Å². The number of pyridine rings is 1. The standard InChI is InChI=1S/C22H29N5O/c1-22(2,3)28-19-10-6-5-9-17(19)15-25-21(23-4)24-13-12-18-16-27-14-8-7-11-20(27)26-18/h5-11,14,16H,12-13,15H2,1-4H3,(H2,23,24,25). The Bertz CT molecular complexity index is 906. The number of aromatic nitrogens is 2. The van der Waals surface area contributed by atoms with Gasteiger partial charge >= 0.3 is 0 Å². The summed E-state index contributed by atoms with van der Waals surface area (Å²) in [4.78, 5) is 8.93. The maximum atomic E-state index is 6.06. The van der Waals surface area contributed by atoms with Crippen LogP contribution in [-0.4, -0.2) is 34.5 Å². The first-order valence-corrected chi connectivity index (χ1v) is 9.59. The number of imidazole rings is 1. The number of hydrogen-bond acceptors (Lipinski definition) is 3. The fourth-order valence-corrected chi connectivity index (χ4v) is 2.90. The summed E-state index contributed by atoms with van der Waals surface area (Å²) in [5, 5.41) is 6.71. The second-order valence-corrected chi connectivity index (χ2v) is 7.62. The second kappa shape index (κ2) is 8.78. The third-order valence-corrected chi connectivity index (χ3v) is 4.15. The molecule has 28 heavy (non-hydrogen) atoms. The highest BCUT2D eigenvalue weighted by Gasteiger charge is 2.14. The van der Waals surface area contributed by atoms with Crippen molar-refractivity contribution in [3.63, 3.8) is 0 Å². The summed E-state index contributed by atoms with van der Waals surface area (Å²) in [6, 6.07) is 14.1. The van der Waals surface area contributed by atoms with Gasteiger partial charge in [0.1, 0.15) is 17.0 Å². The molecule has 0 aliphatic carbocycles. The van der Waals surface area contributed by atoms with E-state index in [4.69, 9.17) is 4.74 Å². The lowest BCUT2D eigenvalue weighted by Crippen LogP contribution is -2.38. The minimum absolute atomic E-state index is 0.232. The van der Waals surface area contributed by atoms with E-state index >= 15 is 0 Å². The summed E-state index contributed by atoms with van der Waals surface area (Å²) in [6.45, 7) is 7.55. The molecule has 3 rings (SSSR count). The van der Waals surface area contributed by atoms with E-state index < -0.39 is 0 Å². The molecule has 0 aliphatic rings. The van der Waals surface area contributed by atoms with Gasteiger partial charge in [0.15, 0.2) is 5.96 Å². The molecule has 0 atom stereocenters. The summed E-state index contributed by atoms with van der Waals surface area (Å²) in [7, 11) is 1.78. The van der Waals surface area contributed by atoms with Gasteiger partial charge in [-0.1, -0.05) is 24.3 Å². The van der Waals surface area contributed by atoms with Crippen molar-refractivity contribution in [2.24, 2.45) is 4.99 Å². The van der Waals surface area contributed by atoms with Crippen molar-refractivity contribution in [1.82, 2.24) is 20.0 Å². The Balaban J connectivity index is 1.52. The van der Waals surface area contributed by atoms with Crippen LogP contribution in [-0.2, 0) is 13.0 Å². The van der Waals surface area contributed by atoms with Crippen molar-refractivity contribution in [1.29, 1.82) is 0 Å². The quantitative estimate of drug-likeness (QED) is 0.509. The Labute approximate surface area is 166 Å². The minimum atomic E-state index is -0.232. The zero-order valence-corrected chi connectivity index (χ0v) is 17.1. The van der Waals surface area contributed by atoms with Gasteiger partial charge in [-0.15, -0.1) is 0 Å². The zero-order chi connectivity index (χ0) is 20.0. The normalized spacial score (nSPS) is 12.2. The maximum absolute atomic E-state index is 6.06. The van der Waals surface area contributed by atoms with Crippen LogP contribution in [0.3, 0.4) is 0 Å². The summed E-state index contributed by atoms with van der Waals surface area (Å²) in [5.41, 5.74) is 2.89. The van der Waals surface area contributed by atoms with Gasteiger partial charge in [0.25, 0.3) is 0 Å². The molecule has 2 heterocycles. The van der Waals surface area contributed by atoms with Crippen LogP contribution in [0.5, 0.6) is 5.75 Å². The second-order valence-electron chi connectivity index (χ2n) is 7.62. The summed E-state index contributed by atoms with van der Waals surface area (Å²) in [5.74, 6) is 1.65. The van der Waals surface area contributed by atoms with Crippen molar-refractivity contribution in [3.05, 3.63) is 66.1 Å². The summed E-state index contributed by atoms with van der Waals surface area (Å²) < 4.78 is 8.09. The lowest BCUT2D eigenvalue weighted by Gasteiger charge is -2.23. The minimum Gasteiger partial charge on any atom is -0.488 e. The number of aliphatic imine (C=N–C) groups is 1. The Morgan fingerprint density at radius 3 is 2.64 bits per heavy atom. The van der Waals surface area contributed by atoms with Crippen molar-refractivity contribution in [3.8, 4) is 5.75 Å². The Kier molecular flexibility index (Phi) is 6.19. The number of hydrogen-bond donors (Lipinski definition) is 2. The fourth-order valence-electron chi connectivity index (χ4n) is 2.90. The first kappa shape index (κ1) is 19.7. The molecular weight excluding hydrogens is 350 g/mol. The van der Waals surface area contributed by atoms with E-state index in [9.17, 15) is 0 Å². The van der Waals surface area contributed by atoms with Gasteiger partial charge in [0, 0.05) is 44.5 Å². The first-order chi connectivity index (χ1) is 13.4. The SMILES string of the molecule is CN=C(NCCc1cn2ccccc2n1)NCc1ccccc1OC(C)(C)C. The highest BCUT2D eigenvalue weighted by molar-refractivity contribution is 5.79. The molecule has 0 aliphatic heterocycles. The largest absolute Gasteiger partial charge is 0.488 e. The van der Waals surface area contributed by atoms with E-state index in [2.05, 4.69) is 53.6 Å². The number of para-hydroxylation sites is 1. The molecule has 0 saturated heterocycles. The van der Waals surface area contributed by atoms with Crippen LogP contribution < -0.4 is 15.4 Å². The highest BCUT2D eigenvalue weighted by atomic mass is 16.5. The van der Waals surface area contributed by atoms with Gasteiger partial charge in [0.05, 0.1) is 5.69 Å². The van der Waals surface area contributed by atoms with E-state index in [1.54, 1.807) is 7.05 Å². The van der Waals surface area contributed by atoms with Crippen LogP contribution in [0, 0.1) is 0 Å². The molecule has 2 aromatic heterocycles. The van der Waals surface area contributed by atoms with Gasteiger partial charge < -0.3 is 19.8 Å². The Hall–Kier alpha value is -3.02. The van der Waals surface area contributed by atoms with Gasteiger partial charge in [-0.25, -0.2) is 4.98 Å². The van der Waals surface area contributed by atoms with E-state index in [-0.39, 0.29) is 5.60 Å². The topological polar surface area (TPSA) is 63.0 Å². The number of fused-ring (bicyclic) bond motifs is 1. The predicted octanol–water partition coefficient (Wildman–Crippen LogP) is 3.42. The van der Waals surface area contributed by atoms with Crippen LogP contribution in [0.2, 0.25) is 0 Å². The third kappa shape index (κ3) is 5.49. The number of guanidine groups is 1. The zero-order valence-electron chi connectivity index (χ0n) is 17.1. The monoisotopic (exact) mass is 379 g/mol. The average Bonchev–Trinajstić information content (AvgIpc) is 3.07. The molecular formula is C22H29N5O. The molecule has 0 fully saturated rings. The average molecular weight is 380 g/mol. The van der Waals surface area contributed by atoms with Gasteiger partial charge in [-0.05, 0) is 39.0 Å². The van der Waals surface area contributed by atoms with Crippen LogP contribution >= 0.6 is 0 Å². The fraction of sp³-hybridized carbons (Fsp3) is 0.364. The van der Waals surface area contributed by atoms with Crippen LogP contribution in [0.25, 0.3) is 5.65 Å². The van der Waals surface area contributed by atoms with Crippen molar-refractivity contribution in [2.75, 3.05) is 13.6 Å². The number of rotatable bonds is 6. The molecule has 3 aromatic rings. The van der Waals surface area contributed by atoms with E-state index in [0.717, 1.165) is 41.6 Å². The molecule has 0 spiro atoms. The molecule has 6 heteroatoms. The van der Waals surface area contributed by atoms with Gasteiger partial charge in [-0.3, -0.25) is 4.99 Å². The number of benzene rings is 1. The molecule has 0 saturated carbocycles. The van der Waals surface area contributed by atoms with Gasteiger partial charge in [-0.2, -0.15) is 0 Å². The van der Waals surface area contributed by atoms with E-state index in [0.29, 0.717) is 6.54 Å². The summed E-state index contributed by atoms with van der Waals surface area (Å²) >= 11 is 0. The Morgan fingerprint density at radius 1 is 1.11 bits per heavy atom. The molecule has 6 nitrogen and oxygen atoms in total. The van der Waals surface area contributed by atoms with Crippen molar-refractivity contribution >= 4 is 11.6 Å². The van der Waals surface area contributed by atoms with Crippen LogP contribution in [0.4, 0.5) is 0 Å². The van der Waals surface area contributed by atoms with E-state index in [1.807, 2.05) is 47.0 Å². The lowest BCUT2D eigenvalue weighted by atomic mass is 10.1. The number of nitrogens with one attached hydrogen (secondary N) is 2. The number of nitrogens with zero attached hydrogens (tertiary/aromatic N) is 3. The summed E-state index contributed by atoms with van der Waals surface area (Å²) in [6.07, 6.45) is 4.90. The van der Waals surface area contributed by atoms with E-state index in [1.165, 1.54) is 0 Å². The molecule has 2 N–H and O–H groups in total. The third-order valence-electron chi connectivity index (χ3n) is 4.15. The lowest BCUT2D eigenvalue weighted by molar-refractivity contribution is 0.129. The first-order valence-electron chi connectivity index (χ1n) is 9.59.